The largest absolute Gasteiger partial charge is 0.419 e. The second kappa shape index (κ2) is 2.08. The Morgan fingerprint density at radius 1 is 1.10 bits per heavy atom. The third-order valence-corrected chi connectivity index (χ3v) is 1.34. The van der Waals surface area contributed by atoms with Gasteiger partial charge in [0, 0.05) is 6.42 Å². The molecule has 0 unspecified atom stereocenters. The fourth-order valence-electron chi connectivity index (χ4n) is 0.746. The molecule has 0 spiro atoms. The predicted molar refractivity (Wildman–Crippen MR) is 25.1 cm³/mol. The Morgan fingerprint density at radius 3 is 2.00 bits per heavy atom. The van der Waals surface area contributed by atoms with E-state index in [1.165, 1.54) is 0 Å². The van der Waals surface area contributed by atoms with Crippen molar-refractivity contribution in [3.63, 3.8) is 0 Å². The molecule has 1 rings (SSSR count). The smallest absolute Gasteiger partial charge is 0.316 e. The molecule has 10 heavy (non-hydrogen) atoms. The minimum atomic E-state index is -4.26. The molecule has 1 aliphatic rings. The molecule has 1 saturated heterocycles. The number of halogens is 4. The van der Waals surface area contributed by atoms with Crippen molar-refractivity contribution in [2.45, 2.75) is 24.9 Å². The Bertz CT molecular complexity index is 118. The van der Waals surface area contributed by atoms with Crippen LogP contribution in [0.25, 0.3) is 0 Å². The van der Waals surface area contributed by atoms with E-state index in [2.05, 4.69) is 4.74 Å². The molecule has 0 N–H and O–H groups in total. The van der Waals surface area contributed by atoms with E-state index in [9.17, 15) is 17.6 Å². The van der Waals surface area contributed by atoms with Gasteiger partial charge in [-0.25, -0.2) is 0 Å². The minimum Gasteiger partial charge on any atom is -0.316 e. The Kier molecular flexibility index (Phi) is 1.62. The van der Waals surface area contributed by atoms with Gasteiger partial charge in [0.25, 0.3) is 0 Å². The first kappa shape index (κ1) is 7.78. The molecule has 1 nitrogen and oxygen atoms in total. The Hall–Kier alpha value is -0.320. The van der Waals surface area contributed by atoms with E-state index in [1.807, 2.05) is 0 Å². The first-order chi connectivity index (χ1) is 4.46. The highest BCUT2D eigenvalue weighted by Crippen LogP contribution is 2.41. The topological polar surface area (TPSA) is 9.23 Å². The van der Waals surface area contributed by atoms with Crippen LogP contribution in [0, 0.1) is 0 Å². The number of hydrogen-bond donors (Lipinski definition) is 0. The normalized spacial score (nSPS) is 30.0. The molecule has 0 atom stereocenters. The van der Waals surface area contributed by atoms with Crippen molar-refractivity contribution in [2.75, 3.05) is 6.61 Å². The molecule has 1 aliphatic heterocycles. The molecule has 0 aliphatic carbocycles. The maximum Gasteiger partial charge on any atom is 0.419 e. The van der Waals surface area contributed by atoms with Gasteiger partial charge in [-0.15, -0.1) is 0 Å². The van der Waals surface area contributed by atoms with Crippen molar-refractivity contribution in [1.82, 2.24) is 0 Å². The van der Waals surface area contributed by atoms with Crippen molar-refractivity contribution in [1.29, 1.82) is 0 Å². The van der Waals surface area contributed by atoms with Crippen LogP contribution in [0.15, 0.2) is 0 Å². The minimum absolute atomic E-state index is 0.0113. The third kappa shape index (κ3) is 1.10. The van der Waals surface area contributed by atoms with E-state index in [4.69, 9.17) is 0 Å². The first-order valence-electron chi connectivity index (χ1n) is 2.85. The third-order valence-electron chi connectivity index (χ3n) is 1.34. The molecular weight excluding hydrogens is 152 g/mol. The predicted octanol–water partition coefficient (Wildman–Crippen LogP) is 2.02. The zero-order chi connectivity index (χ0) is 7.83. The summed E-state index contributed by atoms with van der Waals surface area (Å²) in [7, 11) is 0. The second-order valence-electron chi connectivity index (χ2n) is 2.17. The molecule has 0 radical (unpaired) electrons. The maximum absolute atomic E-state index is 12.1. The highest BCUT2D eigenvalue weighted by Gasteiger charge is 2.59. The van der Waals surface area contributed by atoms with Gasteiger partial charge in [0.1, 0.15) is 0 Å². The molecule has 1 fully saturated rings. The number of ether oxygens (including phenoxy) is 1. The van der Waals surface area contributed by atoms with Crippen LogP contribution >= 0.6 is 0 Å². The summed E-state index contributed by atoms with van der Waals surface area (Å²) in [5, 5.41) is 0. The van der Waals surface area contributed by atoms with Gasteiger partial charge in [0.05, 0.1) is 6.61 Å². The monoisotopic (exact) mass is 158 g/mol. The summed E-state index contributed by atoms with van der Waals surface area (Å²) in [5.41, 5.74) is 0. The van der Waals surface area contributed by atoms with Gasteiger partial charge in [0.15, 0.2) is 0 Å². The summed E-state index contributed by atoms with van der Waals surface area (Å²) in [6.45, 7) is -0.289. The summed E-state index contributed by atoms with van der Waals surface area (Å²) in [6, 6.07) is 0. The van der Waals surface area contributed by atoms with Crippen molar-refractivity contribution >= 4 is 0 Å². The number of hydrogen-bond acceptors (Lipinski definition) is 1. The average Bonchev–Trinajstić information content (AvgIpc) is 1.77. The van der Waals surface area contributed by atoms with Crippen molar-refractivity contribution in [3.8, 4) is 0 Å². The lowest BCUT2D eigenvalue weighted by Crippen LogP contribution is -2.46. The summed E-state index contributed by atoms with van der Waals surface area (Å²) < 4.78 is 51.8. The lowest BCUT2D eigenvalue weighted by atomic mass is 10.1. The van der Waals surface area contributed by atoms with Crippen LogP contribution in [-0.4, -0.2) is 18.6 Å². The summed E-state index contributed by atoms with van der Waals surface area (Å²) in [6.07, 6.45) is -5.06. The number of rotatable bonds is 0. The molecule has 0 saturated carbocycles. The standard InChI is InChI=1S/C5H6F4O/c6-4(7)2-1-3-10-5(4,8)9/h1-3H2. The highest BCUT2D eigenvalue weighted by molar-refractivity contribution is 4.80. The Balaban J connectivity index is 2.70. The fourth-order valence-corrected chi connectivity index (χ4v) is 0.746. The van der Waals surface area contributed by atoms with Crippen LogP contribution in [0.4, 0.5) is 17.6 Å². The van der Waals surface area contributed by atoms with Gasteiger partial charge in [-0.1, -0.05) is 0 Å². The second-order valence-corrected chi connectivity index (χ2v) is 2.17. The summed E-state index contributed by atoms with van der Waals surface area (Å²) >= 11 is 0. The van der Waals surface area contributed by atoms with E-state index in [1.54, 1.807) is 0 Å². The molecule has 0 bridgehead atoms. The van der Waals surface area contributed by atoms with Crippen molar-refractivity contribution in [2.24, 2.45) is 0 Å². The molecule has 0 amide bonds. The SMILES string of the molecule is FC1(F)CCCOC1(F)F. The van der Waals surface area contributed by atoms with E-state index in [0.29, 0.717) is 0 Å². The maximum atomic E-state index is 12.1. The van der Waals surface area contributed by atoms with Crippen LogP contribution in [0.2, 0.25) is 0 Å². The highest BCUT2D eigenvalue weighted by atomic mass is 19.3. The summed E-state index contributed by atoms with van der Waals surface area (Å²) in [5.74, 6) is -3.98. The van der Waals surface area contributed by atoms with E-state index in [0.717, 1.165) is 0 Å². The van der Waals surface area contributed by atoms with Gasteiger partial charge in [-0.05, 0) is 6.42 Å². The first-order valence-corrected chi connectivity index (χ1v) is 2.85. The van der Waals surface area contributed by atoms with E-state index >= 15 is 0 Å². The quantitative estimate of drug-likeness (QED) is 0.490. The molecule has 0 aromatic heterocycles. The van der Waals surface area contributed by atoms with Crippen molar-refractivity contribution in [3.05, 3.63) is 0 Å². The molecule has 60 valence electrons. The Labute approximate surface area is 55.0 Å². The molecule has 0 aromatic rings. The Morgan fingerprint density at radius 2 is 1.70 bits per heavy atom. The van der Waals surface area contributed by atoms with Gasteiger partial charge >= 0.3 is 12.0 Å². The molecule has 0 aromatic carbocycles. The lowest BCUT2D eigenvalue weighted by molar-refractivity contribution is -0.366. The van der Waals surface area contributed by atoms with Gasteiger partial charge in [-0.2, -0.15) is 17.6 Å². The zero-order valence-corrected chi connectivity index (χ0v) is 5.04. The van der Waals surface area contributed by atoms with Crippen LogP contribution in [0.5, 0.6) is 0 Å². The van der Waals surface area contributed by atoms with Crippen LogP contribution in [-0.2, 0) is 4.74 Å². The molecular formula is C5H6F4O. The molecule has 5 heteroatoms. The molecule has 1 heterocycles. The van der Waals surface area contributed by atoms with Gasteiger partial charge < -0.3 is 4.74 Å². The van der Waals surface area contributed by atoms with Crippen LogP contribution < -0.4 is 0 Å². The lowest BCUT2D eigenvalue weighted by Gasteiger charge is -2.30. The zero-order valence-electron chi connectivity index (χ0n) is 5.04. The van der Waals surface area contributed by atoms with E-state index in [-0.39, 0.29) is 13.0 Å². The number of alkyl halides is 4. The van der Waals surface area contributed by atoms with Crippen molar-refractivity contribution < 1.29 is 22.3 Å². The van der Waals surface area contributed by atoms with Gasteiger partial charge in [0.2, 0.25) is 0 Å². The fraction of sp³-hybridized carbons (Fsp3) is 1.00. The average molecular weight is 158 g/mol. The van der Waals surface area contributed by atoms with Crippen LogP contribution in [0.1, 0.15) is 12.8 Å². The van der Waals surface area contributed by atoms with E-state index < -0.39 is 18.5 Å². The van der Waals surface area contributed by atoms with Gasteiger partial charge in [-0.3, -0.25) is 0 Å². The summed E-state index contributed by atoms with van der Waals surface area (Å²) in [4.78, 5) is 0. The van der Waals surface area contributed by atoms with Crippen LogP contribution in [0.3, 0.4) is 0 Å².